The number of esters is 1. The Balaban J connectivity index is 2.20. The molecule has 7 heteroatoms. The van der Waals surface area contributed by atoms with Gasteiger partial charge < -0.3 is 9.47 Å². The lowest BCUT2D eigenvalue weighted by Crippen LogP contribution is -2.43. The highest BCUT2D eigenvalue weighted by Crippen LogP contribution is 2.10. The average Bonchev–Trinajstić information content (AvgIpc) is 2.49. The predicted molar refractivity (Wildman–Crippen MR) is 74.2 cm³/mol. The maximum absolute atomic E-state index is 11.4. The molecule has 0 fully saturated rings. The van der Waals surface area contributed by atoms with Gasteiger partial charge in [-0.05, 0) is 19.1 Å². The maximum atomic E-state index is 11.4. The van der Waals surface area contributed by atoms with Gasteiger partial charge in [0.05, 0.1) is 13.5 Å². The normalized spacial score (nSPS) is 9.62. The van der Waals surface area contributed by atoms with Gasteiger partial charge in [0.25, 0.3) is 5.91 Å². The standard InChI is InChI=1S/C14H18N2O5/c1-10-3-5-11(6-4-10)21-9-13(18)16-15-12(17)7-8-14(19)20-2/h3-6H,7-9H2,1-2H3,(H,15,17)(H,16,18). The fourth-order valence-electron chi connectivity index (χ4n) is 1.34. The third-order valence-electron chi connectivity index (χ3n) is 2.52. The minimum absolute atomic E-state index is 0.0436. The van der Waals surface area contributed by atoms with Crippen LogP contribution < -0.4 is 15.6 Å². The first kappa shape index (κ1) is 16.5. The van der Waals surface area contributed by atoms with Crippen molar-refractivity contribution in [1.29, 1.82) is 0 Å². The van der Waals surface area contributed by atoms with Crippen LogP contribution in [0.4, 0.5) is 0 Å². The SMILES string of the molecule is COC(=O)CCC(=O)NNC(=O)COc1ccc(C)cc1. The number of carbonyl (C=O) groups excluding carboxylic acids is 3. The lowest BCUT2D eigenvalue weighted by molar-refractivity contribution is -0.142. The molecule has 0 aromatic heterocycles. The Morgan fingerprint density at radius 1 is 1.00 bits per heavy atom. The predicted octanol–water partition coefficient (Wildman–Crippen LogP) is 0.474. The number of nitrogens with one attached hydrogen (secondary N) is 2. The zero-order valence-electron chi connectivity index (χ0n) is 12.0. The van der Waals surface area contributed by atoms with Crippen molar-refractivity contribution in [2.75, 3.05) is 13.7 Å². The number of ether oxygens (including phenoxy) is 2. The zero-order chi connectivity index (χ0) is 15.7. The van der Waals surface area contributed by atoms with Crippen molar-refractivity contribution in [1.82, 2.24) is 10.9 Å². The zero-order valence-corrected chi connectivity index (χ0v) is 12.0. The Morgan fingerprint density at radius 2 is 1.62 bits per heavy atom. The second-order valence-electron chi connectivity index (χ2n) is 4.27. The quantitative estimate of drug-likeness (QED) is 0.588. The molecule has 0 atom stereocenters. The topological polar surface area (TPSA) is 93.7 Å². The van der Waals surface area contributed by atoms with Crippen LogP contribution in [0.25, 0.3) is 0 Å². The first-order valence-electron chi connectivity index (χ1n) is 6.35. The van der Waals surface area contributed by atoms with E-state index >= 15 is 0 Å². The smallest absolute Gasteiger partial charge is 0.306 e. The van der Waals surface area contributed by atoms with E-state index in [9.17, 15) is 14.4 Å². The van der Waals surface area contributed by atoms with Crippen LogP contribution in [0.1, 0.15) is 18.4 Å². The third kappa shape index (κ3) is 6.95. The van der Waals surface area contributed by atoms with E-state index in [2.05, 4.69) is 15.6 Å². The van der Waals surface area contributed by atoms with Crippen LogP contribution >= 0.6 is 0 Å². The summed E-state index contributed by atoms with van der Waals surface area (Å²) < 4.78 is 9.63. The molecule has 1 rings (SSSR count). The molecule has 0 heterocycles. The van der Waals surface area contributed by atoms with Crippen LogP contribution in [-0.4, -0.2) is 31.5 Å². The van der Waals surface area contributed by atoms with E-state index in [1.807, 2.05) is 19.1 Å². The summed E-state index contributed by atoms with van der Waals surface area (Å²) in [6, 6.07) is 7.22. The molecule has 0 bridgehead atoms. The van der Waals surface area contributed by atoms with Crippen molar-refractivity contribution in [3.8, 4) is 5.75 Å². The summed E-state index contributed by atoms with van der Waals surface area (Å²) in [6.07, 6.45) is -0.107. The van der Waals surface area contributed by atoms with E-state index in [0.717, 1.165) is 5.56 Å². The van der Waals surface area contributed by atoms with Crippen LogP contribution in [-0.2, 0) is 19.1 Å². The van der Waals surface area contributed by atoms with Gasteiger partial charge in [0.2, 0.25) is 5.91 Å². The van der Waals surface area contributed by atoms with Gasteiger partial charge in [-0.25, -0.2) is 0 Å². The van der Waals surface area contributed by atoms with Gasteiger partial charge in [-0.3, -0.25) is 25.2 Å². The molecule has 0 unspecified atom stereocenters. The second kappa shape index (κ2) is 8.57. The summed E-state index contributed by atoms with van der Waals surface area (Å²) >= 11 is 0. The summed E-state index contributed by atoms with van der Waals surface area (Å²) in [5.41, 5.74) is 5.46. The first-order valence-corrected chi connectivity index (χ1v) is 6.35. The van der Waals surface area contributed by atoms with Gasteiger partial charge in [0, 0.05) is 6.42 Å². The van der Waals surface area contributed by atoms with Crippen molar-refractivity contribution in [3.63, 3.8) is 0 Å². The molecule has 7 nitrogen and oxygen atoms in total. The number of hydrogen-bond donors (Lipinski definition) is 2. The number of amides is 2. The molecule has 0 spiro atoms. The Hall–Kier alpha value is -2.57. The molecule has 0 aliphatic heterocycles. The molecule has 2 amide bonds. The van der Waals surface area contributed by atoms with E-state index in [1.165, 1.54) is 7.11 Å². The van der Waals surface area contributed by atoms with Gasteiger partial charge >= 0.3 is 5.97 Å². The summed E-state index contributed by atoms with van der Waals surface area (Å²) in [7, 11) is 1.24. The molecule has 0 aliphatic rings. The third-order valence-corrected chi connectivity index (χ3v) is 2.52. The molecule has 21 heavy (non-hydrogen) atoms. The Kier molecular flexibility index (Phi) is 6.73. The van der Waals surface area contributed by atoms with Crippen LogP contribution in [0.2, 0.25) is 0 Å². The minimum Gasteiger partial charge on any atom is -0.484 e. The lowest BCUT2D eigenvalue weighted by Gasteiger charge is -2.08. The second-order valence-corrected chi connectivity index (χ2v) is 4.27. The molecular formula is C14H18N2O5. The van der Waals surface area contributed by atoms with Gasteiger partial charge in [0.1, 0.15) is 5.75 Å². The van der Waals surface area contributed by atoms with Crippen LogP contribution in [0.3, 0.4) is 0 Å². The van der Waals surface area contributed by atoms with Crippen LogP contribution in [0.15, 0.2) is 24.3 Å². The number of carbonyl (C=O) groups is 3. The Bertz CT molecular complexity index is 499. The molecule has 0 aliphatic carbocycles. The number of rotatable bonds is 6. The molecule has 0 saturated heterocycles. The highest BCUT2D eigenvalue weighted by atomic mass is 16.5. The number of benzene rings is 1. The van der Waals surface area contributed by atoms with Gasteiger partial charge in [-0.1, -0.05) is 17.7 Å². The van der Waals surface area contributed by atoms with E-state index in [1.54, 1.807) is 12.1 Å². The van der Waals surface area contributed by atoms with Crippen molar-refractivity contribution >= 4 is 17.8 Å². The molecule has 114 valence electrons. The Labute approximate surface area is 122 Å². The monoisotopic (exact) mass is 294 g/mol. The van der Waals surface area contributed by atoms with Crippen molar-refractivity contribution in [3.05, 3.63) is 29.8 Å². The average molecular weight is 294 g/mol. The largest absolute Gasteiger partial charge is 0.484 e. The van der Waals surface area contributed by atoms with Gasteiger partial charge in [-0.2, -0.15) is 0 Å². The summed E-state index contributed by atoms with van der Waals surface area (Å²) in [5, 5.41) is 0. The highest BCUT2D eigenvalue weighted by molar-refractivity contribution is 5.84. The first-order chi connectivity index (χ1) is 10.0. The van der Waals surface area contributed by atoms with E-state index in [-0.39, 0.29) is 19.4 Å². The summed E-state index contributed by atoms with van der Waals surface area (Å²) in [4.78, 5) is 33.6. The fraction of sp³-hybridized carbons (Fsp3) is 0.357. The van der Waals surface area contributed by atoms with E-state index in [0.29, 0.717) is 5.75 Å². The van der Waals surface area contributed by atoms with Crippen molar-refractivity contribution in [2.45, 2.75) is 19.8 Å². The van der Waals surface area contributed by atoms with Gasteiger partial charge in [0.15, 0.2) is 6.61 Å². The minimum atomic E-state index is -0.498. The number of methoxy groups -OCH3 is 1. The van der Waals surface area contributed by atoms with Gasteiger partial charge in [-0.15, -0.1) is 0 Å². The van der Waals surface area contributed by atoms with E-state index < -0.39 is 17.8 Å². The number of hydrogen-bond acceptors (Lipinski definition) is 5. The van der Waals surface area contributed by atoms with Crippen molar-refractivity contribution < 1.29 is 23.9 Å². The number of aryl methyl sites for hydroxylation is 1. The lowest BCUT2D eigenvalue weighted by atomic mass is 10.2. The molecule has 2 N–H and O–H groups in total. The van der Waals surface area contributed by atoms with Crippen molar-refractivity contribution in [2.24, 2.45) is 0 Å². The van der Waals surface area contributed by atoms with E-state index in [4.69, 9.17) is 4.74 Å². The molecule has 0 saturated carbocycles. The fourth-order valence-corrected chi connectivity index (χ4v) is 1.34. The highest BCUT2D eigenvalue weighted by Gasteiger charge is 2.08. The Morgan fingerprint density at radius 3 is 2.24 bits per heavy atom. The van der Waals surface area contributed by atoms with Crippen LogP contribution in [0.5, 0.6) is 5.75 Å². The molecule has 0 radical (unpaired) electrons. The van der Waals surface area contributed by atoms with Crippen LogP contribution in [0, 0.1) is 6.92 Å². The molecule has 1 aromatic rings. The summed E-state index contributed by atoms with van der Waals surface area (Å²) in [5.74, 6) is -0.905. The maximum Gasteiger partial charge on any atom is 0.306 e. The molecule has 1 aromatic carbocycles. The number of hydrazine groups is 1. The summed E-state index contributed by atoms with van der Waals surface area (Å²) in [6.45, 7) is 1.72. The molecular weight excluding hydrogens is 276 g/mol.